The number of nitrogens with zero attached hydrogens (tertiary/aromatic N) is 2. The summed E-state index contributed by atoms with van der Waals surface area (Å²) in [4.78, 5) is 18.7. The molecule has 2 unspecified atom stereocenters. The van der Waals surface area contributed by atoms with Gasteiger partial charge >= 0.3 is 0 Å². The van der Waals surface area contributed by atoms with Crippen molar-refractivity contribution in [2.45, 2.75) is 13.0 Å². The van der Waals surface area contributed by atoms with Gasteiger partial charge in [-0.3, -0.25) is 9.78 Å². The molecule has 106 valence electrons. The molecule has 2 N–H and O–H groups in total. The zero-order valence-corrected chi connectivity index (χ0v) is 12.1. The molecule has 2 atom stereocenters. The van der Waals surface area contributed by atoms with Crippen LogP contribution in [0.1, 0.15) is 17.3 Å². The molecule has 0 spiro atoms. The minimum atomic E-state index is 0. The van der Waals surface area contributed by atoms with Crippen molar-refractivity contribution >= 4 is 29.2 Å². The topological polar surface area (TPSA) is 59.2 Å². The number of likely N-dealkylation sites (tertiary alicyclic amines) is 1. The van der Waals surface area contributed by atoms with E-state index in [1.54, 1.807) is 6.20 Å². The molecule has 0 aliphatic carbocycles. The zero-order chi connectivity index (χ0) is 13.4. The van der Waals surface area contributed by atoms with E-state index in [-0.39, 0.29) is 24.4 Å². The third-order valence-corrected chi connectivity index (χ3v) is 3.82. The molecule has 0 saturated carbocycles. The summed E-state index contributed by atoms with van der Waals surface area (Å²) in [7, 11) is 0. The van der Waals surface area contributed by atoms with E-state index >= 15 is 0 Å². The fourth-order valence-corrected chi connectivity index (χ4v) is 2.60. The Hall–Kier alpha value is -1.65. The summed E-state index contributed by atoms with van der Waals surface area (Å²) >= 11 is 0. The van der Waals surface area contributed by atoms with Crippen molar-refractivity contribution in [1.82, 2.24) is 9.88 Å². The highest BCUT2D eigenvalue weighted by atomic mass is 35.5. The molecular weight excluding hydrogens is 274 g/mol. The Balaban J connectivity index is 0.00000147. The minimum absolute atomic E-state index is 0. The summed E-state index contributed by atoms with van der Waals surface area (Å²) in [5, 5.41) is 0.991. The van der Waals surface area contributed by atoms with Crippen LogP contribution >= 0.6 is 12.4 Å². The van der Waals surface area contributed by atoms with E-state index < -0.39 is 0 Å². The van der Waals surface area contributed by atoms with Gasteiger partial charge in [0, 0.05) is 30.7 Å². The molecule has 20 heavy (non-hydrogen) atoms. The Kier molecular flexibility index (Phi) is 4.26. The van der Waals surface area contributed by atoms with E-state index in [4.69, 9.17) is 5.73 Å². The first-order valence-electron chi connectivity index (χ1n) is 6.55. The molecule has 1 amide bonds. The highest BCUT2D eigenvalue weighted by Gasteiger charge is 2.31. The van der Waals surface area contributed by atoms with Crippen molar-refractivity contribution in [3.8, 4) is 0 Å². The van der Waals surface area contributed by atoms with Crippen LogP contribution in [0.5, 0.6) is 0 Å². The first kappa shape index (κ1) is 14.8. The first-order valence-corrected chi connectivity index (χ1v) is 6.55. The first-order chi connectivity index (χ1) is 9.16. The molecule has 2 aromatic rings. The third-order valence-electron chi connectivity index (χ3n) is 3.82. The molecule has 1 fully saturated rings. The lowest BCUT2D eigenvalue weighted by molar-refractivity contribution is 0.0788. The van der Waals surface area contributed by atoms with Crippen LogP contribution in [0.15, 0.2) is 36.5 Å². The third kappa shape index (κ3) is 2.49. The summed E-state index contributed by atoms with van der Waals surface area (Å²) in [6.45, 7) is 3.44. The fourth-order valence-electron chi connectivity index (χ4n) is 2.60. The average molecular weight is 292 g/mol. The number of fused-ring (bicyclic) bond motifs is 1. The summed E-state index contributed by atoms with van der Waals surface area (Å²) in [6.07, 6.45) is 1.72. The average Bonchev–Trinajstić information content (AvgIpc) is 2.77. The van der Waals surface area contributed by atoms with Gasteiger partial charge in [0.2, 0.25) is 0 Å². The quantitative estimate of drug-likeness (QED) is 0.875. The summed E-state index contributed by atoms with van der Waals surface area (Å²) in [5.41, 5.74) is 7.42. The van der Waals surface area contributed by atoms with Gasteiger partial charge in [0.25, 0.3) is 5.91 Å². The van der Waals surface area contributed by atoms with E-state index in [1.807, 2.05) is 35.2 Å². The number of halogens is 1. The maximum absolute atomic E-state index is 12.6. The number of pyridine rings is 1. The molecule has 1 aromatic heterocycles. The van der Waals surface area contributed by atoms with Crippen LogP contribution in [0.25, 0.3) is 10.9 Å². The Morgan fingerprint density at radius 1 is 1.30 bits per heavy atom. The van der Waals surface area contributed by atoms with Gasteiger partial charge in [-0.05, 0) is 18.1 Å². The standard InChI is InChI=1S/C15H17N3O.ClH/c1-10-8-18(9-13(10)16)15(19)12-6-2-4-11-5-3-7-17-14(11)12;/h2-7,10,13H,8-9,16H2,1H3;1H. The van der Waals surface area contributed by atoms with Crippen molar-refractivity contribution in [3.63, 3.8) is 0 Å². The minimum Gasteiger partial charge on any atom is -0.337 e. The van der Waals surface area contributed by atoms with E-state index in [0.29, 0.717) is 18.0 Å². The molecular formula is C15H18ClN3O. The van der Waals surface area contributed by atoms with Crippen molar-refractivity contribution in [2.75, 3.05) is 13.1 Å². The predicted octanol–water partition coefficient (Wildman–Crippen LogP) is 2.08. The van der Waals surface area contributed by atoms with Crippen LogP contribution in [0.3, 0.4) is 0 Å². The molecule has 1 aromatic carbocycles. The molecule has 5 heteroatoms. The van der Waals surface area contributed by atoms with Gasteiger partial charge in [0.05, 0.1) is 11.1 Å². The maximum Gasteiger partial charge on any atom is 0.256 e. The van der Waals surface area contributed by atoms with E-state index in [0.717, 1.165) is 17.4 Å². The molecule has 3 rings (SSSR count). The monoisotopic (exact) mass is 291 g/mol. The summed E-state index contributed by atoms with van der Waals surface area (Å²) in [6, 6.07) is 9.63. The van der Waals surface area contributed by atoms with Crippen LogP contribution in [0, 0.1) is 5.92 Å². The van der Waals surface area contributed by atoms with Crippen molar-refractivity contribution in [1.29, 1.82) is 0 Å². The van der Waals surface area contributed by atoms with Crippen LogP contribution in [0.4, 0.5) is 0 Å². The Bertz CT molecular complexity index is 616. The van der Waals surface area contributed by atoms with Gasteiger partial charge in [-0.1, -0.05) is 25.1 Å². The van der Waals surface area contributed by atoms with Crippen molar-refractivity contribution in [2.24, 2.45) is 11.7 Å². The van der Waals surface area contributed by atoms with Crippen LogP contribution < -0.4 is 5.73 Å². The number of nitrogens with two attached hydrogens (primary N) is 1. The fraction of sp³-hybridized carbons (Fsp3) is 0.333. The van der Waals surface area contributed by atoms with Crippen LogP contribution in [-0.4, -0.2) is 34.9 Å². The Morgan fingerprint density at radius 3 is 2.75 bits per heavy atom. The number of carbonyl (C=O) groups excluding carboxylic acids is 1. The van der Waals surface area contributed by atoms with Gasteiger partial charge in [-0.15, -0.1) is 12.4 Å². The SMILES string of the molecule is CC1CN(C(=O)c2cccc3cccnc23)CC1N.Cl. The smallest absolute Gasteiger partial charge is 0.256 e. The summed E-state index contributed by atoms with van der Waals surface area (Å²) < 4.78 is 0. The normalized spacial score (nSPS) is 21.8. The van der Waals surface area contributed by atoms with E-state index in [2.05, 4.69) is 11.9 Å². The van der Waals surface area contributed by atoms with Gasteiger partial charge < -0.3 is 10.6 Å². The second kappa shape index (κ2) is 5.77. The Labute approximate surface area is 124 Å². The number of hydrogen-bond donors (Lipinski definition) is 1. The molecule has 1 aliphatic heterocycles. The Morgan fingerprint density at radius 2 is 2.05 bits per heavy atom. The largest absolute Gasteiger partial charge is 0.337 e. The van der Waals surface area contributed by atoms with Crippen LogP contribution in [-0.2, 0) is 0 Å². The van der Waals surface area contributed by atoms with Crippen LogP contribution in [0.2, 0.25) is 0 Å². The predicted molar refractivity (Wildman–Crippen MR) is 82.0 cm³/mol. The second-order valence-electron chi connectivity index (χ2n) is 5.23. The van der Waals surface area contributed by atoms with Crippen molar-refractivity contribution in [3.05, 3.63) is 42.1 Å². The lowest BCUT2D eigenvalue weighted by atomic mass is 10.1. The number of hydrogen-bond acceptors (Lipinski definition) is 3. The van der Waals surface area contributed by atoms with Gasteiger partial charge in [-0.2, -0.15) is 0 Å². The number of benzene rings is 1. The number of amides is 1. The lowest BCUT2D eigenvalue weighted by Gasteiger charge is -2.16. The highest BCUT2D eigenvalue weighted by Crippen LogP contribution is 2.21. The maximum atomic E-state index is 12.6. The molecule has 1 saturated heterocycles. The van der Waals surface area contributed by atoms with Gasteiger partial charge in [-0.25, -0.2) is 0 Å². The molecule has 0 bridgehead atoms. The number of para-hydroxylation sites is 1. The summed E-state index contributed by atoms with van der Waals surface area (Å²) in [5.74, 6) is 0.385. The number of carbonyl (C=O) groups is 1. The second-order valence-corrected chi connectivity index (χ2v) is 5.23. The van der Waals surface area contributed by atoms with E-state index in [9.17, 15) is 4.79 Å². The molecule has 1 aliphatic rings. The number of aromatic nitrogens is 1. The lowest BCUT2D eigenvalue weighted by Crippen LogP contribution is -2.32. The molecule has 2 heterocycles. The molecule has 4 nitrogen and oxygen atoms in total. The van der Waals surface area contributed by atoms with E-state index in [1.165, 1.54) is 0 Å². The van der Waals surface area contributed by atoms with Crippen molar-refractivity contribution < 1.29 is 4.79 Å². The van der Waals surface area contributed by atoms with Gasteiger partial charge in [0.15, 0.2) is 0 Å². The number of rotatable bonds is 1. The van der Waals surface area contributed by atoms with Gasteiger partial charge in [0.1, 0.15) is 0 Å². The molecule has 0 radical (unpaired) electrons. The highest BCUT2D eigenvalue weighted by molar-refractivity contribution is 6.05. The zero-order valence-electron chi connectivity index (χ0n) is 11.3.